The highest BCUT2D eigenvalue weighted by atomic mass is 127. The molecule has 0 saturated carbocycles. The molecule has 2 heteroatoms. The van der Waals surface area contributed by atoms with Gasteiger partial charge in [0, 0.05) is 4.43 Å². The largest absolute Gasteiger partial charge is 0.370 e. The molecular weight excluding hydrogens is 311 g/mol. The van der Waals surface area contributed by atoms with Gasteiger partial charge in [0.1, 0.15) is 0 Å². The number of halogens is 1. The zero-order chi connectivity index (χ0) is 12.0. The zero-order valence-corrected chi connectivity index (χ0v) is 12.5. The van der Waals surface area contributed by atoms with E-state index < -0.39 is 0 Å². The molecule has 0 saturated heterocycles. The van der Waals surface area contributed by atoms with E-state index in [4.69, 9.17) is 4.74 Å². The van der Waals surface area contributed by atoms with Gasteiger partial charge in [-0.3, -0.25) is 0 Å². The molecule has 0 spiro atoms. The maximum atomic E-state index is 6.07. The molecule has 1 aromatic carbocycles. The predicted molar refractivity (Wildman–Crippen MR) is 78.3 cm³/mol. The predicted octanol–water partition coefficient (Wildman–Crippen LogP) is 4.68. The normalized spacial score (nSPS) is 14.8. The third-order valence-electron chi connectivity index (χ3n) is 2.65. The number of benzene rings is 1. The highest BCUT2D eigenvalue weighted by Crippen LogP contribution is 2.23. The van der Waals surface area contributed by atoms with Crippen LogP contribution >= 0.6 is 22.6 Å². The van der Waals surface area contributed by atoms with Crippen molar-refractivity contribution in [3.05, 3.63) is 35.4 Å². The molecule has 0 heterocycles. The Kier molecular flexibility index (Phi) is 6.36. The number of aryl methyl sites for hydroxylation is 1. The van der Waals surface area contributed by atoms with Crippen LogP contribution in [0.2, 0.25) is 0 Å². The van der Waals surface area contributed by atoms with Crippen molar-refractivity contribution in [2.24, 2.45) is 0 Å². The lowest BCUT2D eigenvalue weighted by Gasteiger charge is -2.21. The average Bonchev–Trinajstić information content (AvgIpc) is 2.26. The lowest BCUT2D eigenvalue weighted by Crippen LogP contribution is -2.14. The molecular formula is C14H21IO. The Morgan fingerprint density at radius 1 is 1.38 bits per heavy atom. The fourth-order valence-corrected chi connectivity index (χ4v) is 2.55. The van der Waals surface area contributed by atoms with E-state index in [9.17, 15) is 0 Å². The smallest absolute Gasteiger partial charge is 0.0917 e. The monoisotopic (exact) mass is 332 g/mol. The molecule has 0 aliphatic heterocycles. The summed E-state index contributed by atoms with van der Waals surface area (Å²) >= 11 is 2.40. The average molecular weight is 332 g/mol. The molecule has 0 fully saturated rings. The first-order valence-electron chi connectivity index (χ1n) is 5.95. The Balaban J connectivity index is 2.67. The molecule has 0 aromatic heterocycles. The van der Waals surface area contributed by atoms with Crippen LogP contribution in [0.25, 0.3) is 0 Å². The zero-order valence-electron chi connectivity index (χ0n) is 10.4. The summed E-state index contributed by atoms with van der Waals surface area (Å²) in [6.07, 6.45) is 2.91. The van der Waals surface area contributed by atoms with Crippen molar-refractivity contribution in [2.75, 3.05) is 4.43 Å². The second-order valence-corrected chi connectivity index (χ2v) is 5.17. The Morgan fingerprint density at radius 3 is 2.69 bits per heavy atom. The number of rotatable bonds is 6. The van der Waals surface area contributed by atoms with Crippen molar-refractivity contribution in [2.45, 2.75) is 45.8 Å². The van der Waals surface area contributed by atoms with Gasteiger partial charge in [-0.05, 0) is 25.8 Å². The van der Waals surface area contributed by atoms with Gasteiger partial charge in [0.2, 0.25) is 0 Å². The summed E-state index contributed by atoms with van der Waals surface area (Å²) in [7, 11) is 0. The number of ether oxygens (including phenoxy) is 1. The third kappa shape index (κ3) is 4.42. The first kappa shape index (κ1) is 14.0. The minimum atomic E-state index is 0.238. The molecule has 16 heavy (non-hydrogen) atoms. The molecule has 1 rings (SSSR count). The summed E-state index contributed by atoms with van der Waals surface area (Å²) in [4.78, 5) is 0. The second-order valence-electron chi connectivity index (χ2n) is 4.29. The van der Waals surface area contributed by atoms with Gasteiger partial charge in [0.05, 0.1) is 12.2 Å². The number of hydrogen-bond donors (Lipinski definition) is 0. The van der Waals surface area contributed by atoms with Gasteiger partial charge >= 0.3 is 0 Å². The van der Waals surface area contributed by atoms with E-state index in [0.29, 0.717) is 6.10 Å². The van der Waals surface area contributed by atoms with E-state index in [-0.39, 0.29) is 6.10 Å². The van der Waals surface area contributed by atoms with E-state index in [1.54, 1.807) is 0 Å². The van der Waals surface area contributed by atoms with Crippen molar-refractivity contribution in [1.82, 2.24) is 0 Å². The SMILES string of the molecule is CCCC(C)OC(CI)c1cccc(C)c1. The van der Waals surface area contributed by atoms with Crippen LogP contribution in [-0.4, -0.2) is 10.5 Å². The first-order valence-corrected chi connectivity index (χ1v) is 7.48. The Hall–Kier alpha value is -0.0900. The number of hydrogen-bond acceptors (Lipinski definition) is 1. The summed E-state index contributed by atoms with van der Waals surface area (Å²) in [6.45, 7) is 6.49. The van der Waals surface area contributed by atoms with Crippen LogP contribution in [0.5, 0.6) is 0 Å². The minimum absolute atomic E-state index is 0.238. The summed E-state index contributed by atoms with van der Waals surface area (Å²) in [5.41, 5.74) is 2.61. The van der Waals surface area contributed by atoms with Gasteiger partial charge in [0.25, 0.3) is 0 Å². The first-order chi connectivity index (χ1) is 7.67. The molecule has 0 amide bonds. The molecule has 0 aliphatic carbocycles. The maximum absolute atomic E-state index is 6.07. The second kappa shape index (κ2) is 7.28. The minimum Gasteiger partial charge on any atom is -0.370 e. The Labute approximate surface area is 113 Å². The quantitative estimate of drug-likeness (QED) is 0.543. The lowest BCUT2D eigenvalue weighted by atomic mass is 10.1. The molecule has 0 aliphatic rings. The van der Waals surface area contributed by atoms with E-state index >= 15 is 0 Å². The Morgan fingerprint density at radius 2 is 2.12 bits per heavy atom. The van der Waals surface area contributed by atoms with Crippen LogP contribution in [-0.2, 0) is 4.74 Å². The molecule has 0 N–H and O–H groups in total. The third-order valence-corrected chi connectivity index (χ3v) is 3.45. The molecule has 1 aromatic rings. The fraction of sp³-hybridized carbons (Fsp3) is 0.571. The summed E-state index contributed by atoms with van der Waals surface area (Å²) in [6, 6.07) is 8.62. The van der Waals surface area contributed by atoms with Gasteiger partial charge in [0.15, 0.2) is 0 Å². The van der Waals surface area contributed by atoms with Gasteiger partial charge < -0.3 is 4.74 Å². The van der Waals surface area contributed by atoms with Crippen molar-refractivity contribution < 1.29 is 4.74 Å². The summed E-state index contributed by atoms with van der Waals surface area (Å²) in [5, 5.41) is 0. The maximum Gasteiger partial charge on any atom is 0.0917 e. The summed E-state index contributed by atoms with van der Waals surface area (Å²) < 4.78 is 7.08. The molecule has 2 unspecified atom stereocenters. The highest BCUT2D eigenvalue weighted by molar-refractivity contribution is 14.1. The van der Waals surface area contributed by atoms with E-state index in [1.807, 2.05) is 0 Å². The van der Waals surface area contributed by atoms with E-state index in [0.717, 1.165) is 10.8 Å². The van der Waals surface area contributed by atoms with Crippen molar-refractivity contribution in [3.8, 4) is 0 Å². The highest BCUT2D eigenvalue weighted by Gasteiger charge is 2.13. The van der Waals surface area contributed by atoms with Crippen LogP contribution in [0.1, 0.15) is 43.9 Å². The van der Waals surface area contributed by atoms with Crippen LogP contribution in [0.3, 0.4) is 0 Å². The standard InChI is InChI=1S/C14H21IO/c1-4-6-12(3)16-14(10-15)13-8-5-7-11(2)9-13/h5,7-9,12,14H,4,6,10H2,1-3H3. The van der Waals surface area contributed by atoms with Gasteiger partial charge in [-0.15, -0.1) is 0 Å². The van der Waals surface area contributed by atoms with Crippen molar-refractivity contribution in [3.63, 3.8) is 0 Å². The van der Waals surface area contributed by atoms with Crippen molar-refractivity contribution in [1.29, 1.82) is 0 Å². The molecule has 1 nitrogen and oxygen atoms in total. The van der Waals surface area contributed by atoms with E-state index in [2.05, 4.69) is 67.6 Å². The van der Waals surface area contributed by atoms with E-state index in [1.165, 1.54) is 17.5 Å². The van der Waals surface area contributed by atoms with Crippen LogP contribution < -0.4 is 0 Å². The van der Waals surface area contributed by atoms with Gasteiger partial charge in [-0.2, -0.15) is 0 Å². The van der Waals surface area contributed by atoms with Crippen LogP contribution in [0.15, 0.2) is 24.3 Å². The lowest BCUT2D eigenvalue weighted by molar-refractivity contribution is 0.00678. The van der Waals surface area contributed by atoms with Crippen LogP contribution in [0.4, 0.5) is 0 Å². The topological polar surface area (TPSA) is 9.23 Å². The molecule has 90 valence electrons. The van der Waals surface area contributed by atoms with Gasteiger partial charge in [-0.25, -0.2) is 0 Å². The fourth-order valence-electron chi connectivity index (χ4n) is 1.83. The molecule has 0 radical (unpaired) electrons. The van der Waals surface area contributed by atoms with Crippen LogP contribution in [0, 0.1) is 6.92 Å². The molecule has 0 bridgehead atoms. The van der Waals surface area contributed by atoms with Crippen molar-refractivity contribution >= 4 is 22.6 Å². The number of alkyl halides is 1. The summed E-state index contributed by atoms with van der Waals surface area (Å²) in [5.74, 6) is 0. The molecule has 2 atom stereocenters. The Bertz CT molecular complexity index is 311. The van der Waals surface area contributed by atoms with Gasteiger partial charge in [-0.1, -0.05) is 65.8 Å².